The molecule has 238 valence electrons. The van der Waals surface area contributed by atoms with Crippen LogP contribution < -0.4 is 0 Å². The van der Waals surface area contributed by atoms with Crippen molar-refractivity contribution in [1.82, 2.24) is 0 Å². The lowest BCUT2D eigenvalue weighted by Gasteiger charge is -2.32. The fourth-order valence-electron chi connectivity index (χ4n) is 8.95. The molecule has 0 saturated heterocycles. The van der Waals surface area contributed by atoms with Gasteiger partial charge in [0, 0.05) is 33.0 Å². The molecule has 2 aliphatic carbocycles. The summed E-state index contributed by atoms with van der Waals surface area (Å²) < 4.78 is 0. The fraction of sp³-hybridized carbons (Fsp3) is 0.217. The van der Waals surface area contributed by atoms with Gasteiger partial charge in [-0.3, -0.25) is 0 Å². The van der Waals surface area contributed by atoms with Crippen molar-refractivity contribution in [2.45, 2.75) is 58.3 Å². The van der Waals surface area contributed by atoms with E-state index in [1.807, 2.05) is 0 Å². The van der Waals surface area contributed by atoms with E-state index in [1.54, 1.807) is 0 Å². The van der Waals surface area contributed by atoms with Gasteiger partial charge in [-0.05, 0) is 84.8 Å². The molecule has 0 N–H and O–H groups in total. The first-order valence-corrected chi connectivity index (χ1v) is 18.3. The zero-order valence-corrected chi connectivity index (χ0v) is 29.4. The second kappa shape index (κ2) is 12.7. The Morgan fingerprint density at radius 3 is 1.29 bits per heavy atom. The zero-order valence-electron chi connectivity index (χ0n) is 27.9. The highest BCUT2D eigenvalue weighted by atomic mass is 35.5. The van der Waals surface area contributed by atoms with Crippen molar-refractivity contribution in [2.75, 3.05) is 0 Å². The molecule has 0 nitrogen and oxygen atoms in total. The van der Waals surface area contributed by atoms with Crippen LogP contribution in [0.4, 0.5) is 0 Å². The Balaban J connectivity index is 1.30. The molecule has 0 aromatic heterocycles. The minimum absolute atomic E-state index is 0.205. The van der Waals surface area contributed by atoms with Crippen molar-refractivity contribution in [1.29, 1.82) is 0 Å². The highest BCUT2D eigenvalue weighted by Crippen LogP contribution is 2.60. The third kappa shape index (κ3) is 4.88. The van der Waals surface area contributed by atoms with Crippen LogP contribution in [0, 0.1) is 5.92 Å². The first-order chi connectivity index (χ1) is 23.5. The predicted molar refractivity (Wildman–Crippen MR) is 209 cm³/mol. The van der Waals surface area contributed by atoms with Gasteiger partial charge < -0.3 is 0 Å². The van der Waals surface area contributed by atoms with Gasteiger partial charge >= 0.3 is 0 Å². The van der Waals surface area contributed by atoms with Crippen LogP contribution in [0.2, 0.25) is 0 Å². The Hall–Kier alpha value is -4.10. The molecular formula is C46H40Cl2. The van der Waals surface area contributed by atoms with E-state index < -0.39 is 0 Å². The summed E-state index contributed by atoms with van der Waals surface area (Å²) in [6.07, 6.45) is 4.07. The number of allylic oxidation sites excluding steroid dienone is 2. The molecule has 8 rings (SSSR count). The summed E-state index contributed by atoms with van der Waals surface area (Å²) in [5.41, 5.74) is 12.8. The van der Waals surface area contributed by atoms with Crippen molar-refractivity contribution < 1.29 is 0 Å². The summed E-state index contributed by atoms with van der Waals surface area (Å²) in [6.45, 7) is 7.00. The van der Waals surface area contributed by atoms with E-state index in [2.05, 4.69) is 142 Å². The minimum atomic E-state index is 0.205. The van der Waals surface area contributed by atoms with Crippen LogP contribution in [-0.4, -0.2) is 0 Å². The second-order valence-corrected chi connectivity index (χ2v) is 14.3. The van der Waals surface area contributed by atoms with Gasteiger partial charge in [-0.15, -0.1) is 0 Å². The zero-order chi connectivity index (χ0) is 32.9. The van der Waals surface area contributed by atoms with Gasteiger partial charge in [-0.25, -0.2) is 0 Å². The molecule has 0 saturated carbocycles. The lowest BCUT2D eigenvalue weighted by Crippen LogP contribution is -2.19. The van der Waals surface area contributed by atoms with E-state index in [4.69, 9.17) is 23.2 Å². The third-order valence-corrected chi connectivity index (χ3v) is 11.7. The lowest BCUT2D eigenvalue weighted by molar-refractivity contribution is 0.440. The van der Waals surface area contributed by atoms with Crippen LogP contribution in [0.15, 0.2) is 132 Å². The van der Waals surface area contributed by atoms with Gasteiger partial charge in [0.25, 0.3) is 0 Å². The molecule has 2 aliphatic rings. The van der Waals surface area contributed by atoms with Gasteiger partial charge in [-0.2, -0.15) is 0 Å². The molecule has 0 fully saturated rings. The molecule has 6 aromatic carbocycles. The van der Waals surface area contributed by atoms with E-state index in [-0.39, 0.29) is 17.8 Å². The highest BCUT2D eigenvalue weighted by molar-refractivity contribution is 6.51. The molecule has 2 heteroatoms. The van der Waals surface area contributed by atoms with Gasteiger partial charge in [0.2, 0.25) is 0 Å². The lowest BCUT2D eigenvalue weighted by atomic mass is 9.71. The summed E-state index contributed by atoms with van der Waals surface area (Å²) in [5.74, 6) is 0.676. The number of benzene rings is 6. The number of hydrogen-bond donors (Lipinski definition) is 0. The van der Waals surface area contributed by atoms with Gasteiger partial charge in [0.1, 0.15) is 0 Å². The van der Waals surface area contributed by atoms with Crippen LogP contribution in [0.5, 0.6) is 0 Å². The second-order valence-electron chi connectivity index (χ2n) is 13.6. The summed E-state index contributed by atoms with van der Waals surface area (Å²) in [6, 6.07) is 44.3. The van der Waals surface area contributed by atoms with Gasteiger partial charge in [0.15, 0.2) is 0 Å². The Labute approximate surface area is 294 Å². The molecule has 0 radical (unpaired) electrons. The Kier molecular flexibility index (Phi) is 8.27. The largest absolute Gasteiger partial charge is 0.0837 e. The van der Waals surface area contributed by atoms with Crippen molar-refractivity contribution in [3.05, 3.63) is 155 Å². The van der Waals surface area contributed by atoms with Crippen LogP contribution in [0.25, 0.3) is 53.9 Å². The number of hydrogen-bond acceptors (Lipinski definition) is 0. The standard InChI is InChI=1S/C46H40Cl2/c1-4-14-39-41(37-26-12-24-35(43(37)45(39)47)33-22-10-18-29-16-6-8-20-31(29)33)28(3)42-38-27-13-25-36(44(38)46(48)40(42)15-5-2)34-23-11-19-30-17-7-9-21-32(30)34/h6-13,16-28,41-42H,4-5,14-15H2,1-3H3. The van der Waals surface area contributed by atoms with E-state index in [9.17, 15) is 0 Å². The summed E-state index contributed by atoms with van der Waals surface area (Å²) >= 11 is 15.1. The molecule has 0 heterocycles. The summed E-state index contributed by atoms with van der Waals surface area (Å²) in [4.78, 5) is 0. The maximum atomic E-state index is 7.57. The first kappa shape index (κ1) is 31.2. The Morgan fingerprint density at radius 1 is 0.479 bits per heavy atom. The molecule has 2 atom stereocenters. The van der Waals surface area contributed by atoms with Crippen LogP contribution >= 0.6 is 23.2 Å². The molecular weight excluding hydrogens is 623 g/mol. The fourth-order valence-corrected chi connectivity index (χ4v) is 9.80. The van der Waals surface area contributed by atoms with E-state index >= 15 is 0 Å². The molecule has 48 heavy (non-hydrogen) atoms. The maximum absolute atomic E-state index is 7.57. The smallest absolute Gasteiger partial charge is 0.0485 e. The van der Waals surface area contributed by atoms with Crippen LogP contribution in [-0.2, 0) is 0 Å². The van der Waals surface area contributed by atoms with Crippen molar-refractivity contribution in [3.63, 3.8) is 0 Å². The normalized spacial score (nSPS) is 17.8. The minimum Gasteiger partial charge on any atom is -0.0837 e. The Bertz CT molecular complexity index is 2100. The predicted octanol–water partition coefficient (Wildman–Crippen LogP) is 14.4. The molecule has 0 bridgehead atoms. The molecule has 6 aromatic rings. The Morgan fingerprint density at radius 2 is 0.854 bits per heavy atom. The monoisotopic (exact) mass is 662 g/mol. The van der Waals surface area contributed by atoms with Crippen molar-refractivity contribution in [2.24, 2.45) is 5.92 Å². The summed E-state index contributed by atoms with van der Waals surface area (Å²) in [7, 11) is 0. The molecule has 0 aliphatic heterocycles. The quantitative estimate of drug-likeness (QED) is 0.152. The van der Waals surface area contributed by atoms with Crippen molar-refractivity contribution >= 4 is 54.8 Å². The topological polar surface area (TPSA) is 0 Å². The van der Waals surface area contributed by atoms with Crippen LogP contribution in [0.1, 0.15) is 80.5 Å². The van der Waals surface area contributed by atoms with Crippen molar-refractivity contribution in [3.8, 4) is 22.3 Å². The van der Waals surface area contributed by atoms with Crippen LogP contribution in [0.3, 0.4) is 0 Å². The van der Waals surface area contributed by atoms with E-state index in [0.29, 0.717) is 0 Å². The van der Waals surface area contributed by atoms with E-state index in [0.717, 1.165) is 35.7 Å². The SMILES string of the molecule is CCCC1=C(Cl)c2c(-c3cccc4ccccc34)cccc2C1C(C)C1C(CCC)=C(Cl)c2c(-c3cccc4ccccc34)cccc21. The molecule has 0 amide bonds. The number of fused-ring (bicyclic) bond motifs is 4. The number of halogens is 2. The van der Waals surface area contributed by atoms with Gasteiger partial charge in [-0.1, -0.05) is 178 Å². The maximum Gasteiger partial charge on any atom is 0.0485 e. The average molecular weight is 664 g/mol. The average Bonchev–Trinajstić information content (AvgIpc) is 3.57. The third-order valence-electron chi connectivity index (χ3n) is 10.9. The highest BCUT2D eigenvalue weighted by Gasteiger charge is 2.43. The van der Waals surface area contributed by atoms with Gasteiger partial charge in [0.05, 0.1) is 0 Å². The molecule has 2 unspecified atom stereocenters. The first-order valence-electron chi connectivity index (χ1n) is 17.5. The molecule has 0 spiro atoms. The summed E-state index contributed by atoms with van der Waals surface area (Å²) in [5, 5.41) is 6.91. The number of rotatable bonds is 8. The van der Waals surface area contributed by atoms with E-state index in [1.165, 1.54) is 77.2 Å².